The molecule has 2 aliphatic rings. The van der Waals surface area contributed by atoms with Crippen molar-refractivity contribution in [3.63, 3.8) is 0 Å². The van der Waals surface area contributed by atoms with Crippen LogP contribution in [0.2, 0.25) is 0 Å². The van der Waals surface area contributed by atoms with Gasteiger partial charge in [0.2, 0.25) is 5.91 Å². The fraction of sp³-hybridized carbons (Fsp3) is 0.857. The molecule has 0 saturated carbocycles. The highest BCUT2D eigenvalue weighted by atomic mass is 32.2. The van der Waals surface area contributed by atoms with Gasteiger partial charge in [0, 0.05) is 18.1 Å². The van der Waals surface area contributed by atoms with Crippen molar-refractivity contribution in [1.29, 1.82) is 0 Å². The summed E-state index contributed by atoms with van der Waals surface area (Å²) in [6.45, 7) is 4.64. The monoisotopic (exact) mass is 316 g/mol. The molecule has 0 aromatic rings. The Morgan fingerprint density at radius 1 is 1.33 bits per heavy atom. The van der Waals surface area contributed by atoms with Gasteiger partial charge in [-0.2, -0.15) is 11.8 Å². The summed E-state index contributed by atoms with van der Waals surface area (Å²) in [7, 11) is 0. The van der Waals surface area contributed by atoms with Crippen LogP contribution in [0.15, 0.2) is 0 Å². The molecule has 0 aliphatic carbocycles. The van der Waals surface area contributed by atoms with Gasteiger partial charge in [0.1, 0.15) is 12.6 Å². The van der Waals surface area contributed by atoms with E-state index in [1.165, 1.54) is 0 Å². The summed E-state index contributed by atoms with van der Waals surface area (Å²) in [6.07, 6.45) is 2.02. The normalized spacial score (nSPS) is 23.9. The second-order valence-electron chi connectivity index (χ2n) is 5.19. The molecule has 1 unspecified atom stereocenters. The molecule has 1 N–H and O–H groups in total. The van der Waals surface area contributed by atoms with E-state index in [0.717, 1.165) is 31.7 Å². The fourth-order valence-corrected chi connectivity index (χ4v) is 3.60. The number of nitrogens with one attached hydrogen (secondary N) is 1. The van der Waals surface area contributed by atoms with Gasteiger partial charge in [-0.15, -0.1) is 0 Å². The van der Waals surface area contributed by atoms with E-state index in [1.54, 1.807) is 23.6 Å². The van der Waals surface area contributed by atoms with Crippen LogP contribution in [-0.2, 0) is 19.1 Å². The summed E-state index contributed by atoms with van der Waals surface area (Å²) in [5.74, 6) is 1.05. The summed E-state index contributed by atoms with van der Waals surface area (Å²) in [5.41, 5.74) is 0. The zero-order valence-electron chi connectivity index (χ0n) is 12.5. The lowest BCUT2D eigenvalue weighted by Crippen LogP contribution is -2.52. The smallest absolute Gasteiger partial charge is 0.329 e. The largest absolute Gasteiger partial charge is 0.464 e. The van der Waals surface area contributed by atoms with Crippen molar-refractivity contribution in [2.45, 2.75) is 31.9 Å². The topological polar surface area (TPSA) is 67.9 Å². The first-order chi connectivity index (χ1) is 10.2. The molecule has 2 rings (SSSR count). The maximum atomic E-state index is 12.3. The lowest BCUT2D eigenvalue weighted by Gasteiger charge is -2.34. The number of rotatable bonds is 5. The van der Waals surface area contributed by atoms with E-state index in [0.29, 0.717) is 18.9 Å². The Kier molecular flexibility index (Phi) is 6.79. The Balaban J connectivity index is 1.84. The standard InChI is InChI=1S/C14H24N2O4S/c1-2-19-14(18)12-10-21-8-7-16(12)13(17)9-20-11-3-5-15-6-4-11/h11-12,15H,2-10H2,1H3. The van der Waals surface area contributed by atoms with Crippen LogP contribution in [0, 0.1) is 0 Å². The molecule has 2 saturated heterocycles. The molecular formula is C14H24N2O4S. The second kappa shape index (κ2) is 8.60. The maximum absolute atomic E-state index is 12.3. The molecule has 0 bridgehead atoms. The van der Waals surface area contributed by atoms with Crippen LogP contribution in [-0.4, -0.2) is 73.3 Å². The number of hydrogen-bond acceptors (Lipinski definition) is 6. The van der Waals surface area contributed by atoms with Crippen molar-refractivity contribution in [3.05, 3.63) is 0 Å². The third-order valence-electron chi connectivity index (χ3n) is 3.74. The highest BCUT2D eigenvalue weighted by Gasteiger charge is 2.33. The predicted octanol–water partition coefficient (Wildman–Crippen LogP) is 0.262. The Labute approximate surface area is 129 Å². The number of piperidine rings is 1. The van der Waals surface area contributed by atoms with Crippen molar-refractivity contribution >= 4 is 23.6 Å². The average Bonchev–Trinajstić information content (AvgIpc) is 2.54. The van der Waals surface area contributed by atoms with Crippen LogP contribution < -0.4 is 5.32 Å². The van der Waals surface area contributed by atoms with E-state index in [2.05, 4.69) is 5.32 Å². The Morgan fingerprint density at radius 3 is 2.81 bits per heavy atom. The van der Waals surface area contributed by atoms with Crippen molar-refractivity contribution in [1.82, 2.24) is 10.2 Å². The highest BCUT2D eigenvalue weighted by Crippen LogP contribution is 2.18. The summed E-state index contributed by atoms with van der Waals surface area (Å²) in [5, 5.41) is 3.26. The molecule has 2 fully saturated rings. The first-order valence-electron chi connectivity index (χ1n) is 7.58. The number of esters is 1. The third kappa shape index (κ3) is 4.86. The van der Waals surface area contributed by atoms with Gasteiger partial charge in [-0.25, -0.2) is 4.79 Å². The maximum Gasteiger partial charge on any atom is 0.329 e. The van der Waals surface area contributed by atoms with Crippen LogP contribution >= 0.6 is 11.8 Å². The predicted molar refractivity (Wildman–Crippen MR) is 81.3 cm³/mol. The molecule has 1 amide bonds. The van der Waals surface area contributed by atoms with Crippen LogP contribution in [0.1, 0.15) is 19.8 Å². The Hall–Kier alpha value is -0.790. The van der Waals surface area contributed by atoms with E-state index in [-0.39, 0.29) is 24.6 Å². The van der Waals surface area contributed by atoms with Crippen molar-refractivity contribution < 1.29 is 19.1 Å². The lowest BCUT2D eigenvalue weighted by atomic mass is 10.1. The van der Waals surface area contributed by atoms with Gasteiger partial charge >= 0.3 is 5.97 Å². The van der Waals surface area contributed by atoms with Crippen LogP contribution in [0.5, 0.6) is 0 Å². The van der Waals surface area contributed by atoms with Crippen LogP contribution in [0.3, 0.4) is 0 Å². The minimum absolute atomic E-state index is 0.0608. The zero-order valence-corrected chi connectivity index (χ0v) is 13.3. The van der Waals surface area contributed by atoms with E-state index in [1.807, 2.05) is 0 Å². The molecule has 2 aliphatic heterocycles. The number of nitrogens with zero attached hydrogens (tertiary/aromatic N) is 1. The number of ether oxygens (including phenoxy) is 2. The van der Waals surface area contributed by atoms with Crippen molar-refractivity contribution in [2.75, 3.05) is 44.4 Å². The van der Waals surface area contributed by atoms with Gasteiger partial charge in [-0.05, 0) is 32.9 Å². The quantitative estimate of drug-likeness (QED) is 0.734. The molecular weight excluding hydrogens is 292 g/mol. The SMILES string of the molecule is CCOC(=O)C1CSCCN1C(=O)COC1CCNCC1. The summed E-state index contributed by atoms with van der Waals surface area (Å²) < 4.78 is 10.8. The van der Waals surface area contributed by atoms with E-state index in [4.69, 9.17) is 9.47 Å². The van der Waals surface area contributed by atoms with Crippen molar-refractivity contribution in [2.24, 2.45) is 0 Å². The average molecular weight is 316 g/mol. The van der Waals surface area contributed by atoms with Gasteiger partial charge in [0.25, 0.3) is 0 Å². The van der Waals surface area contributed by atoms with Gasteiger partial charge in [-0.1, -0.05) is 0 Å². The Bertz CT molecular complexity index is 361. The zero-order chi connectivity index (χ0) is 15.1. The number of hydrogen-bond donors (Lipinski definition) is 1. The molecule has 0 aromatic heterocycles. The van der Waals surface area contributed by atoms with Gasteiger partial charge in [0.15, 0.2) is 0 Å². The molecule has 7 heteroatoms. The highest BCUT2D eigenvalue weighted by molar-refractivity contribution is 7.99. The molecule has 6 nitrogen and oxygen atoms in total. The number of thioether (sulfide) groups is 1. The summed E-state index contributed by atoms with van der Waals surface area (Å²) in [6, 6.07) is -0.465. The summed E-state index contributed by atoms with van der Waals surface area (Å²) >= 11 is 1.68. The van der Waals surface area contributed by atoms with E-state index in [9.17, 15) is 9.59 Å². The molecule has 0 aromatic carbocycles. The molecule has 1 atom stereocenters. The fourth-order valence-electron chi connectivity index (χ4n) is 2.57. The summed E-state index contributed by atoms with van der Waals surface area (Å²) in [4.78, 5) is 25.9. The molecule has 2 heterocycles. The molecule has 120 valence electrons. The first-order valence-corrected chi connectivity index (χ1v) is 8.74. The number of amides is 1. The Morgan fingerprint density at radius 2 is 2.10 bits per heavy atom. The minimum atomic E-state index is -0.465. The molecule has 0 radical (unpaired) electrons. The van der Waals surface area contributed by atoms with E-state index >= 15 is 0 Å². The third-order valence-corrected chi connectivity index (χ3v) is 4.76. The van der Waals surface area contributed by atoms with Gasteiger partial charge in [-0.3, -0.25) is 4.79 Å². The molecule has 21 heavy (non-hydrogen) atoms. The number of carbonyl (C=O) groups is 2. The van der Waals surface area contributed by atoms with Crippen LogP contribution in [0.25, 0.3) is 0 Å². The van der Waals surface area contributed by atoms with Gasteiger partial charge < -0.3 is 19.7 Å². The second-order valence-corrected chi connectivity index (χ2v) is 6.34. The van der Waals surface area contributed by atoms with Gasteiger partial charge in [0.05, 0.1) is 12.7 Å². The van der Waals surface area contributed by atoms with Crippen molar-refractivity contribution in [3.8, 4) is 0 Å². The molecule has 0 spiro atoms. The number of carbonyl (C=O) groups excluding carboxylic acids is 2. The minimum Gasteiger partial charge on any atom is -0.464 e. The van der Waals surface area contributed by atoms with Crippen LogP contribution in [0.4, 0.5) is 0 Å². The first kappa shape index (κ1) is 16.6. The van der Waals surface area contributed by atoms with E-state index < -0.39 is 6.04 Å². The lowest BCUT2D eigenvalue weighted by molar-refractivity contribution is -0.156.